The Morgan fingerprint density at radius 2 is 2.00 bits per heavy atom. The number of sulfonamides is 1. The summed E-state index contributed by atoms with van der Waals surface area (Å²) in [5, 5.41) is 2.85. The van der Waals surface area contributed by atoms with E-state index in [1.165, 1.54) is 4.31 Å². The van der Waals surface area contributed by atoms with Gasteiger partial charge in [-0.2, -0.15) is 4.31 Å². The maximum atomic E-state index is 12.5. The van der Waals surface area contributed by atoms with Crippen molar-refractivity contribution in [3.63, 3.8) is 0 Å². The topological polar surface area (TPSA) is 86.8 Å². The Morgan fingerprint density at radius 3 is 2.65 bits per heavy atom. The van der Waals surface area contributed by atoms with Crippen LogP contribution in [0.2, 0.25) is 5.02 Å². The van der Waals surface area contributed by atoms with Gasteiger partial charge in [0.2, 0.25) is 15.9 Å². The number of urea groups is 1. The highest BCUT2D eigenvalue weighted by atomic mass is 35.5. The highest BCUT2D eigenvalue weighted by Gasteiger charge is 2.41. The molecule has 2 aliphatic rings. The fourth-order valence-corrected chi connectivity index (χ4v) is 4.77. The summed E-state index contributed by atoms with van der Waals surface area (Å²) in [6.07, 6.45) is 0.445. The first kappa shape index (κ1) is 16.2. The minimum atomic E-state index is -3.55. The van der Waals surface area contributed by atoms with Gasteiger partial charge in [0.25, 0.3) is 0 Å². The molecular formula is C14H16ClN3O4S. The second kappa shape index (κ2) is 6.10. The summed E-state index contributed by atoms with van der Waals surface area (Å²) in [5.74, 6) is -0.509. The number of carbonyl (C=O) groups excluding carboxylic acids is 2. The molecule has 1 N–H and O–H groups in total. The predicted molar refractivity (Wildman–Crippen MR) is 84.3 cm³/mol. The van der Waals surface area contributed by atoms with E-state index in [1.807, 2.05) is 0 Å². The van der Waals surface area contributed by atoms with E-state index >= 15 is 0 Å². The van der Waals surface area contributed by atoms with Crippen LogP contribution in [0.3, 0.4) is 0 Å². The molecule has 2 fully saturated rings. The number of carbonyl (C=O) groups is 2. The lowest BCUT2D eigenvalue weighted by atomic mass is 10.2. The van der Waals surface area contributed by atoms with E-state index in [2.05, 4.69) is 5.32 Å². The van der Waals surface area contributed by atoms with E-state index in [4.69, 9.17) is 11.6 Å². The second-order valence-corrected chi connectivity index (χ2v) is 7.95. The molecule has 0 saturated carbocycles. The van der Waals surface area contributed by atoms with Crippen molar-refractivity contribution in [1.29, 1.82) is 0 Å². The molecule has 9 heteroatoms. The Morgan fingerprint density at radius 1 is 1.26 bits per heavy atom. The van der Waals surface area contributed by atoms with Crippen molar-refractivity contribution in [1.82, 2.24) is 14.5 Å². The zero-order valence-electron chi connectivity index (χ0n) is 12.2. The fourth-order valence-electron chi connectivity index (χ4n) is 2.88. The largest absolute Gasteiger partial charge is 0.329 e. The van der Waals surface area contributed by atoms with Crippen LogP contribution in [0, 0.1) is 0 Å². The van der Waals surface area contributed by atoms with E-state index in [1.54, 1.807) is 24.3 Å². The van der Waals surface area contributed by atoms with Crippen LogP contribution in [-0.4, -0.2) is 55.2 Å². The third-order valence-electron chi connectivity index (χ3n) is 4.06. The van der Waals surface area contributed by atoms with E-state index < -0.39 is 22.1 Å². The summed E-state index contributed by atoms with van der Waals surface area (Å²) >= 11 is 6.02. The van der Waals surface area contributed by atoms with Gasteiger partial charge >= 0.3 is 6.03 Å². The summed E-state index contributed by atoms with van der Waals surface area (Å²) in [6.45, 7) is 0.391. The number of amides is 3. The van der Waals surface area contributed by atoms with Crippen LogP contribution in [-0.2, 0) is 20.6 Å². The molecule has 0 aliphatic carbocycles. The maximum Gasteiger partial charge on any atom is 0.324 e. The fraction of sp³-hybridized carbons (Fsp3) is 0.429. The molecule has 0 bridgehead atoms. The highest BCUT2D eigenvalue weighted by molar-refractivity contribution is 7.88. The first-order chi connectivity index (χ1) is 10.9. The lowest BCUT2D eigenvalue weighted by Gasteiger charge is -2.21. The van der Waals surface area contributed by atoms with Crippen molar-refractivity contribution in [3.8, 4) is 0 Å². The number of hydrogen-bond donors (Lipinski definition) is 1. The molecule has 0 radical (unpaired) electrons. The summed E-state index contributed by atoms with van der Waals surface area (Å²) in [7, 11) is -3.55. The third kappa shape index (κ3) is 3.19. The van der Waals surface area contributed by atoms with Crippen molar-refractivity contribution in [2.75, 3.05) is 19.6 Å². The van der Waals surface area contributed by atoms with Crippen LogP contribution in [0.25, 0.3) is 0 Å². The van der Waals surface area contributed by atoms with Gasteiger partial charge in [0, 0.05) is 18.1 Å². The summed E-state index contributed by atoms with van der Waals surface area (Å²) in [5.41, 5.74) is 0.535. The van der Waals surface area contributed by atoms with Gasteiger partial charge in [-0.05, 0) is 18.1 Å². The Kier molecular flexibility index (Phi) is 4.31. The van der Waals surface area contributed by atoms with E-state index in [-0.39, 0.29) is 31.3 Å². The SMILES string of the molecule is O=C1CNC(=O)N1C1CCN(S(=O)(=O)Cc2ccccc2Cl)C1. The summed E-state index contributed by atoms with van der Waals surface area (Å²) < 4.78 is 26.4. The Bertz CT molecular complexity index is 736. The number of rotatable bonds is 4. The molecule has 2 aliphatic heterocycles. The van der Waals surface area contributed by atoms with E-state index in [0.717, 1.165) is 4.90 Å². The zero-order valence-corrected chi connectivity index (χ0v) is 13.8. The van der Waals surface area contributed by atoms with Crippen molar-refractivity contribution in [2.24, 2.45) is 0 Å². The van der Waals surface area contributed by atoms with Gasteiger partial charge in [0.1, 0.15) is 0 Å². The summed E-state index contributed by atoms with van der Waals surface area (Å²) in [6, 6.07) is 5.92. The van der Waals surface area contributed by atoms with E-state index in [0.29, 0.717) is 17.0 Å². The Labute approximate surface area is 139 Å². The molecular weight excluding hydrogens is 342 g/mol. The van der Waals surface area contributed by atoms with Crippen molar-refractivity contribution in [3.05, 3.63) is 34.9 Å². The Hall–Kier alpha value is -1.64. The first-order valence-corrected chi connectivity index (χ1v) is 9.18. The maximum absolute atomic E-state index is 12.5. The zero-order chi connectivity index (χ0) is 16.6. The average Bonchev–Trinajstić information content (AvgIpc) is 3.09. The van der Waals surface area contributed by atoms with Crippen LogP contribution in [0.1, 0.15) is 12.0 Å². The van der Waals surface area contributed by atoms with Crippen LogP contribution in [0.15, 0.2) is 24.3 Å². The number of halogens is 1. The van der Waals surface area contributed by atoms with Gasteiger partial charge in [-0.15, -0.1) is 0 Å². The number of nitrogens with one attached hydrogen (secondary N) is 1. The number of imide groups is 1. The molecule has 3 amide bonds. The molecule has 0 aromatic heterocycles. The molecule has 3 rings (SSSR count). The lowest BCUT2D eigenvalue weighted by molar-refractivity contribution is -0.126. The van der Waals surface area contributed by atoms with Gasteiger partial charge < -0.3 is 5.32 Å². The van der Waals surface area contributed by atoms with Crippen LogP contribution in [0.5, 0.6) is 0 Å². The predicted octanol–water partition coefficient (Wildman–Crippen LogP) is 0.796. The molecule has 0 spiro atoms. The smallest absolute Gasteiger partial charge is 0.324 e. The molecule has 1 atom stereocenters. The van der Waals surface area contributed by atoms with Gasteiger partial charge in [0.05, 0.1) is 18.3 Å². The molecule has 124 valence electrons. The van der Waals surface area contributed by atoms with E-state index in [9.17, 15) is 18.0 Å². The van der Waals surface area contributed by atoms with Crippen LogP contribution in [0.4, 0.5) is 4.79 Å². The second-order valence-electron chi connectivity index (χ2n) is 5.57. The van der Waals surface area contributed by atoms with Crippen molar-refractivity contribution < 1.29 is 18.0 Å². The number of hydrogen-bond acceptors (Lipinski definition) is 4. The van der Waals surface area contributed by atoms with Gasteiger partial charge in [-0.3, -0.25) is 9.69 Å². The minimum Gasteiger partial charge on any atom is -0.329 e. The van der Waals surface area contributed by atoms with Crippen LogP contribution >= 0.6 is 11.6 Å². The standard InChI is InChI=1S/C14H16ClN3O4S/c15-12-4-2-1-3-10(12)9-23(21,22)17-6-5-11(8-17)18-13(19)7-16-14(18)20/h1-4,11H,5-9H2,(H,16,20). The van der Waals surface area contributed by atoms with Gasteiger partial charge in [-0.1, -0.05) is 29.8 Å². The molecule has 1 unspecified atom stereocenters. The first-order valence-electron chi connectivity index (χ1n) is 7.19. The van der Waals surface area contributed by atoms with Crippen LogP contribution < -0.4 is 5.32 Å². The van der Waals surface area contributed by atoms with Gasteiger partial charge in [-0.25, -0.2) is 13.2 Å². The molecule has 2 saturated heterocycles. The lowest BCUT2D eigenvalue weighted by Crippen LogP contribution is -2.43. The highest BCUT2D eigenvalue weighted by Crippen LogP contribution is 2.24. The molecule has 7 nitrogen and oxygen atoms in total. The third-order valence-corrected chi connectivity index (χ3v) is 6.22. The number of nitrogens with zero attached hydrogens (tertiary/aromatic N) is 2. The molecule has 2 heterocycles. The van der Waals surface area contributed by atoms with Crippen molar-refractivity contribution in [2.45, 2.75) is 18.2 Å². The average molecular weight is 358 g/mol. The molecule has 23 heavy (non-hydrogen) atoms. The number of benzene rings is 1. The molecule has 1 aromatic carbocycles. The Balaban J connectivity index is 1.72. The monoisotopic (exact) mass is 357 g/mol. The minimum absolute atomic E-state index is 0.0261. The normalized spacial score (nSPS) is 22.7. The molecule has 1 aromatic rings. The van der Waals surface area contributed by atoms with Crippen molar-refractivity contribution >= 4 is 33.6 Å². The van der Waals surface area contributed by atoms with Gasteiger partial charge in [0.15, 0.2) is 0 Å². The quantitative estimate of drug-likeness (QED) is 0.807. The summed E-state index contributed by atoms with van der Waals surface area (Å²) in [4.78, 5) is 24.5.